The van der Waals surface area contributed by atoms with Crippen LogP contribution < -0.4 is 0 Å². The van der Waals surface area contributed by atoms with E-state index >= 15 is 0 Å². The van der Waals surface area contributed by atoms with Gasteiger partial charge in [-0.05, 0) is 37.5 Å². The molecule has 0 N–H and O–H groups in total. The number of benzene rings is 1. The Labute approximate surface area is 176 Å². The molecular weight excluding hydrogens is 414 g/mol. The molecule has 7 nitrogen and oxygen atoms in total. The van der Waals surface area contributed by atoms with Gasteiger partial charge in [-0.2, -0.15) is 8.42 Å². The quantitative estimate of drug-likeness (QED) is 0.709. The maximum Gasteiger partial charge on any atom is 0.285 e. The van der Waals surface area contributed by atoms with E-state index in [-0.39, 0.29) is 16.7 Å². The lowest BCUT2D eigenvalue weighted by molar-refractivity contribution is -0.135. The van der Waals surface area contributed by atoms with Crippen molar-refractivity contribution >= 4 is 38.3 Å². The summed E-state index contributed by atoms with van der Waals surface area (Å²) in [5.41, 5.74) is 1.22. The molecule has 29 heavy (non-hydrogen) atoms. The fourth-order valence-electron chi connectivity index (χ4n) is 4.12. The van der Waals surface area contributed by atoms with Crippen LogP contribution >= 0.6 is 11.6 Å². The van der Waals surface area contributed by atoms with Crippen LogP contribution in [0.5, 0.6) is 0 Å². The van der Waals surface area contributed by atoms with Gasteiger partial charge in [-0.3, -0.25) is 4.79 Å². The van der Waals surface area contributed by atoms with Gasteiger partial charge in [0.2, 0.25) is 5.91 Å². The van der Waals surface area contributed by atoms with Crippen LogP contribution in [0.2, 0.25) is 5.02 Å². The lowest BCUT2D eigenvalue weighted by Gasteiger charge is -2.25. The van der Waals surface area contributed by atoms with Crippen LogP contribution in [-0.2, 0) is 19.6 Å². The maximum absolute atomic E-state index is 12.8. The normalized spacial score (nSPS) is 24.6. The SMILES string of the molecule is CC1=C(c2ccc(Cl)cc2)S(=O)(=O)N=C1N1CCCN(C(=O)[C@@H]2CCOC2)CC1. The van der Waals surface area contributed by atoms with Gasteiger partial charge in [0.15, 0.2) is 0 Å². The topological polar surface area (TPSA) is 79.3 Å². The molecule has 0 saturated carbocycles. The summed E-state index contributed by atoms with van der Waals surface area (Å²) in [7, 11) is -3.77. The molecule has 0 bridgehead atoms. The number of hydrogen-bond acceptors (Lipinski definition) is 5. The zero-order valence-electron chi connectivity index (χ0n) is 16.3. The minimum absolute atomic E-state index is 0.0520. The number of carbonyl (C=O) groups excluding carboxylic acids is 1. The van der Waals surface area contributed by atoms with Crippen molar-refractivity contribution in [1.82, 2.24) is 9.80 Å². The molecule has 4 rings (SSSR count). The Morgan fingerprint density at radius 1 is 1.17 bits per heavy atom. The van der Waals surface area contributed by atoms with Crippen LogP contribution in [0.25, 0.3) is 4.91 Å². The van der Waals surface area contributed by atoms with Gasteiger partial charge in [0.25, 0.3) is 10.0 Å². The summed E-state index contributed by atoms with van der Waals surface area (Å²) in [6.45, 7) is 5.36. The Hall–Kier alpha value is -1.90. The van der Waals surface area contributed by atoms with Crippen molar-refractivity contribution < 1.29 is 17.9 Å². The van der Waals surface area contributed by atoms with Gasteiger partial charge in [-0.1, -0.05) is 23.7 Å². The summed E-state index contributed by atoms with van der Waals surface area (Å²) in [5, 5.41) is 0.550. The molecule has 0 unspecified atom stereocenters. The van der Waals surface area contributed by atoms with Gasteiger partial charge >= 0.3 is 0 Å². The van der Waals surface area contributed by atoms with Crippen molar-refractivity contribution in [2.24, 2.45) is 10.3 Å². The van der Waals surface area contributed by atoms with Gasteiger partial charge in [-0.15, -0.1) is 4.40 Å². The lowest BCUT2D eigenvalue weighted by Crippen LogP contribution is -2.40. The summed E-state index contributed by atoms with van der Waals surface area (Å²) in [6, 6.07) is 6.74. The van der Waals surface area contributed by atoms with Crippen molar-refractivity contribution in [2.45, 2.75) is 19.8 Å². The Kier molecular flexibility index (Phi) is 5.68. The van der Waals surface area contributed by atoms with Crippen molar-refractivity contribution in [3.8, 4) is 0 Å². The molecule has 0 aliphatic carbocycles. The molecule has 1 aromatic carbocycles. The molecule has 0 radical (unpaired) electrons. The number of hydrogen-bond donors (Lipinski definition) is 0. The van der Waals surface area contributed by atoms with Crippen molar-refractivity contribution in [3.63, 3.8) is 0 Å². The molecule has 3 aliphatic heterocycles. The van der Waals surface area contributed by atoms with E-state index in [4.69, 9.17) is 16.3 Å². The maximum atomic E-state index is 12.8. The van der Waals surface area contributed by atoms with Crippen molar-refractivity contribution in [1.29, 1.82) is 0 Å². The highest BCUT2D eigenvalue weighted by Crippen LogP contribution is 2.34. The van der Waals surface area contributed by atoms with Crippen LogP contribution in [0.3, 0.4) is 0 Å². The Morgan fingerprint density at radius 3 is 2.62 bits per heavy atom. The molecule has 1 atom stereocenters. The van der Waals surface area contributed by atoms with E-state index < -0.39 is 10.0 Å². The Bertz CT molecular complexity index is 966. The fourth-order valence-corrected chi connectivity index (χ4v) is 5.73. The summed E-state index contributed by atoms with van der Waals surface area (Å²) in [4.78, 5) is 16.8. The molecule has 1 aromatic rings. The minimum atomic E-state index is -3.77. The number of ether oxygens (including phenoxy) is 1. The van der Waals surface area contributed by atoms with Crippen LogP contribution in [-0.4, -0.2) is 69.4 Å². The van der Waals surface area contributed by atoms with Gasteiger partial charge in [0, 0.05) is 43.4 Å². The molecule has 0 aromatic heterocycles. The van der Waals surface area contributed by atoms with Gasteiger partial charge in [-0.25, -0.2) is 0 Å². The largest absolute Gasteiger partial charge is 0.381 e. The number of nitrogens with zero attached hydrogens (tertiary/aromatic N) is 3. The first-order chi connectivity index (χ1) is 13.9. The lowest BCUT2D eigenvalue weighted by atomic mass is 10.1. The second kappa shape index (κ2) is 8.08. The van der Waals surface area contributed by atoms with E-state index in [2.05, 4.69) is 4.40 Å². The Balaban J connectivity index is 1.53. The molecule has 2 saturated heterocycles. The third kappa shape index (κ3) is 4.06. The molecule has 3 heterocycles. The van der Waals surface area contributed by atoms with E-state index in [1.54, 1.807) is 31.2 Å². The van der Waals surface area contributed by atoms with Gasteiger partial charge in [0.05, 0.1) is 12.5 Å². The third-order valence-corrected chi connectivity index (χ3v) is 7.36. The second-order valence-corrected chi connectivity index (χ2v) is 9.55. The van der Waals surface area contributed by atoms with E-state index in [9.17, 15) is 13.2 Å². The number of rotatable bonds is 2. The summed E-state index contributed by atoms with van der Waals surface area (Å²) < 4.78 is 34.9. The highest BCUT2D eigenvalue weighted by atomic mass is 35.5. The van der Waals surface area contributed by atoms with E-state index in [0.29, 0.717) is 61.4 Å². The van der Waals surface area contributed by atoms with E-state index in [1.165, 1.54) is 0 Å². The van der Waals surface area contributed by atoms with Crippen LogP contribution in [0.15, 0.2) is 34.2 Å². The first kappa shape index (κ1) is 20.4. The fraction of sp³-hybridized carbons (Fsp3) is 0.500. The predicted octanol–water partition coefficient (Wildman–Crippen LogP) is 2.38. The van der Waals surface area contributed by atoms with E-state index in [0.717, 1.165) is 12.8 Å². The zero-order valence-corrected chi connectivity index (χ0v) is 17.9. The second-order valence-electron chi connectivity index (χ2n) is 7.58. The molecule has 2 fully saturated rings. The van der Waals surface area contributed by atoms with Crippen LogP contribution in [0.4, 0.5) is 0 Å². The van der Waals surface area contributed by atoms with Crippen molar-refractivity contribution in [2.75, 3.05) is 39.4 Å². The van der Waals surface area contributed by atoms with Gasteiger partial charge < -0.3 is 14.5 Å². The molecule has 0 spiro atoms. The third-order valence-electron chi connectivity index (χ3n) is 5.63. The number of halogens is 1. The average Bonchev–Trinajstić information content (AvgIpc) is 3.21. The highest BCUT2D eigenvalue weighted by molar-refractivity contribution is 8.00. The molecule has 9 heteroatoms. The number of amides is 1. The summed E-state index contributed by atoms with van der Waals surface area (Å²) >= 11 is 5.94. The average molecular weight is 438 g/mol. The smallest absolute Gasteiger partial charge is 0.285 e. The number of carbonyl (C=O) groups is 1. The molecule has 1 amide bonds. The summed E-state index contributed by atoms with van der Waals surface area (Å²) in [6.07, 6.45) is 1.54. The number of amidine groups is 1. The van der Waals surface area contributed by atoms with Crippen molar-refractivity contribution in [3.05, 3.63) is 40.4 Å². The zero-order chi connectivity index (χ0) is 20.6. The van der Waals surface area contributed by atoms with Crippen LogP contribution in [0, 0.1) is 5.92 Å². The van der Waals surface area contributed by atoms with Crippen LogP contribution in [0.1, 0.15) is 25.3 Å². The number of sulfonamides is 1. The molecule has 3 aliphatic rings. The first-order valence-electron chi connectivity index (χ1n) is 9.80. The molecular formula is C20H24ClN3O4S. The minimum Gasteiger partial charge on any atom is -0.381 e. The predicted molar refractivity (Wildman–Crippen MR) is 112 cm³/mol. The van der Waals surface area contributed by atoms with E-state index in [1.807, 2.05) is 9.80 Å². The Morgan fingerprint density at radius 2 is 1.93 bits per heavy atom. The highest BCUT2D eigenvalue weighted by Gasteiger charge is 2.35. The first-order valence-corrected chi connectivity index (χ1v) is 11.6. The van der Waals surface area contributed by atoms with Gasteiger partial charge in [0.1, 0.15) is 10.7 Å². The summed E-state index contributed by atoms with van der Waals surface area (Å²) in [5.74, 6) is 0.566. The standard InChI is InChI=1S/C20H24ClN3O4S/c1-14-18(15-3-5-17(21)6-4-15)29(26,27)22-19(14)23-8-2-9-24(11-10-23)20(25)16-7-12-28-13-16/h3-6,16H,2,7-13H2,1H3/t16-/m1/s1. The monoisotopic (exact) mass is 437 g/mol. The molecule has 156 valence electrons.